The maximum atomic E-state index is 6.34. The van der Waals surface area contributed by atoms with Crippen LogP contribution in [0.25, 0.3) is 0 Å². The monoisotopic (exact) mass is 260 g/mol. The van der Waals surface area contributed by atoms with Gasteiger partial charge in [-0.2, -0.15) is 0 Å². The molecule has 2 aliphatic rings. The van der Waals surface area contributed by atoms with Crippen molar-refractivity contribution in [1.29, 1.82) is 0 Å². The molecule has 1 unspecified atom stereocenters. The summed E-state index contributed by atoms with van der Waals surface area (Å²) in [7, 11) is 0. The van der Waals surface area contributed by atoms with Crippen LogP contribution in [-0.4, -0.2) is 27.3 Å². The topological polar surface area (TPSA) is 9.23 Å². The highest BCUT2D eigenvalue weighted by Gasteiger charge is 2.39. The molecule has 0 spiro atoms. The molecule has 2 aliphatic heterocycles. The third-order valence-corrected chi connectivity index (χ3v) is 6.44. The standard InChI is InChI=1S/C13H24OS2/c1-12(2)6-4-7-13(3,14-12)10-11-15-8-5-9-16-11/h11H,4-10H2,1-3H3. The summed E-state index contributed by atoms with van der Waals surface area (Å²) in [6, 6.07) is 0. The molecule has 2 heterocycles. The maximum Gasteiger partial charge on any atom is 0.0680 e. The fraction of sp³-hybridized carbons (Fsp3) is 1.00. The lowest BCUT2D eigenvalue weighted by molar-refractivity contribution is -0.166. The number of thioether (sulfide) groups is 2. The minimum atomic E-state index is 0.0942. The molecule has 2 saturated heterocycles. The molecule has 1 nitrogen and oxygen atoms in total. The molecule has 2 rings (SSSR count). The molecule has 2 fully saturated rings. The summed E-state index contributed by atoms with van der Waals surface area (Å²) in [6.07, 6.45) is 6.40. The lowest BCUT2D eigenvalue weighted by atomic mass is 9.86. The summed E-state index contributed by atoms with van der Waals surface area (Å²) in [4.78, 5) is 0. The van der Waals surface area contributed by atoms with E-state index in [1.54, 1.807) is 0 Å². The third kappa shape index (κ3) is 3.58. The highest BCUT2D eigenvalue weighted by molar-refractivity contribution is 8.17. The van der Waals surface area contributed by atoms with E-state index < -0.39 is 0 Å². The van der Waals surface area contributed by atoms with E-state index in [1.807, 2.05) is 0 Å². The minimum Gasteiger partial charge on any atom is -0.369 e. The SMILES string of the molecule is CC1(C)CCCC(C)(CC2SCCCS2)O1. The molecule has 0 aromatic carbocycles. The van der Waals surface area contributed by atoms with Gasteiger partial charge in [0.2, 0.25) is 0 Å². The molecule has 0 aromatic heterocycles. The molecule has 1 atom stereocenters. The van der Waals surface area contributed by atoms with Crippen molar-refractivity contribution in [3.63, 3.8) is 0 Å². The average Bonchev–Trinajstić information content (AvgIpc) is 2.16. The summed E-state index contributed by atoms with van der Waals surface area (Å²) in [5.41, 5.74) is 0.223. The summed E-state index contributed by atoms with van der Waals surface area (Å²) in [5, 5.41) is 0. The van der Waals surface area contributed by atoms with E-state index in [2.05, 4.69) is 44.3 Å². The van der Waals surface area contributed by atoms with Crippen molar-refractivity contribution in [3.05, 3.63) is 0 Å². The van der Waals surface area contributed by atoms with Gasteiger partial charge in [0.25, 0.3) is 0 Å². The van der Waals surface area contributed by atoms with Gasteiger partial charge < -0.3 is 4.74 Å². The van der Waals surface area contributed by atoms with Crippen LogP contribution in [0.4, 0.5) is 0 Å². The second-order valence-corrected chi connectivity index (χ2v) is 8.81. The van der Waals surface area contributed by atoms with Crippen LogP contribution in [0.1, 0.15) is 52.9 Å². The van der Waals surface area contributed by atoms with Crippen LogP contribution < -0.4 is 0 Å². The molecule has 94 valence electrons. The fourth-order valence-corrected chi connectivity index (χ4v) is 6.04. The minimum absolute atomic E-state index is 0.0942. The van der Waals surface area contributed by atoms with Crippen molar-refractivity contribution in [3.8, 4) is 0 Å². The third-order valence-electron chi connectivity index (χ3n) is 3.50. The Balaban J connectivity index is 1.90. The molecule has 0 aliphatic carbocycles. The van der Waals surface area contributed by atoms with Crippen molar-refractivity contribution >= 4 is 23.5 Å². The summed E-state index contributed by atoms with van der Waals surface area (Å²) in [6.45, 7) is 6.81. The Hall–Kier alpha value is 0.660. The molecule has 0 radical (unpaired) electrons. The van der Waals surface area contributed by atoms with Crippen molar-refractivity contribution in [1.82, 2.24) is 0 Å². The van der Waals surface area contributed by atoms with Gasteiger partial charge >= 0.3 is 0 Å². The van der Waals surface area contributed by atoms with Crippen LogP contribution in [0, 0.1) is 0 Å². The molecule has 0 N–H and O–H groups in total. The molecule has 0 aromatic rings. The van der Waals surface area contributed by atoms with Gasteiger partial charge in [-0.3, -0.25) is 0 Å². The number of ether oxygens (including phenoxy) is 1. The molecule has 0 bridgehead atoms. The predicted octanol–water partition coefficient (Wildman–Crippen LogP) is 4.31. The Bertz CT molecular complexity index is 236. The largest absolute Gasteiger partial charge is 0.369 e. The first-order valence-electron chi connectivity index (χ1n) is 6.43. The van der Waals surface area contributed by atoms with Gasteiger partial charge in [0, 0.05) is 0 Å². The average molecular weight is 260 g/mol. The zero-order valence-electron chi connectivity index (χ0n) is 10.8. The number of hydrogen-bond donors (Lipinski definition) is 0. The van der Waals surface area contributed by atoms with Gasteiger partial charge in [-0.25, -0.2) is 0 Å². The van der Waals surface area contributed by atoms with Crippen LogP contribution in [-0.2, 0) is 4.74 Å². The van der Waals surface area contributed by atoms with Gasteiger partial charge in [-0.1, -0.05) is 0 Å². The highest BCUT2D eigenvalue weighted by Crippen LogP contribution is 2.43. The van der Waals surface area contributed by atoms with E-state index in [1.165, 1.54) is 43.6 Å². The van der Waals surface area contributed by atoms with E-state index in [9.17, 15) is 0 Å². The zero-order chi connectivity index (χ0) is 11.6. The molecule has 16 heavy (non-hydrogen) atoms. The Labute approximate surface area is 108 Å². The van der Waals surface area contributed by atoms with Gasteiger partial charge in [0.15, 0.2) is 0 Å². The first-order chi connectivity index (χ1) is 7.49. The number of rotatable bonds is 2. The molecule has 0 saturated carbocycles. The lowest BCUT2D eigenvalue weighted by Crippen LogP contribution is -2.44. The summed E-state index contributed by atoms with van der Waals surface area (Å²) < 4.78 is 7.11. The van der Waals surface area contributed by atoms with Crippen LogP contribution in [0.5, 0.6) is 0 Å². The van der Waals surface area contributed by atoms with Crippen molar-refractivity contribution < 1.29 is 4.74 Å². The van der Waals surface area contributed by atoms with Crippen molar-refractivity contribution in [2.45, 2.75) is 68.7 Å². The Morgan fingerprint density at radius 1 is 1.06 bits per heavy atom. The van der Waals surface area contributed by atoms with E-state index in [4.69, 9.17) is 4.74 Å². The van der Waals surface area contributed by atoms with Crippen LogP contribution >= 0.6 is 23.5 Å². The molecule has 0 amide bonds. The quantitative estimate of drug-likeness (QED) is 0.732. The van der Waals surface area contributed by atoms with Crippen molar-refractivity contribution in [2.75, 3.05) is 11.5 Å². The number of hydrogen-bond acceptors (Lipinski definition) is 3. The first-order valence-corrected chi connectivity index (χ1v) is 8.52. The summed E-state index contributed by atoms with van der Waals surface area (Å²) in [5.74, 6) is 2.69. The molecule has 3 heteroatoms. The zero-order valence-corrected chi connectivity index (χ0v) is 12.4. The smallest absolute Gasteiger partial charge is 0.0680 e. The van der Waals surface area contributed by atoms with Gasteiger partial charge in [0.1, 0.15) is 0 Å². The Kier molecular flexibility index (Phi) is 4.19. The van der Waals surface area contributed by atoms with E-state index in [-0.39, 0.29) is 11.2 Å². The first kappa shape index (κ1) is 13.1. The fourth-order valence-electron chi connectivity index (χ4n) is 2.81. The summed E-state index contributed by atoms with van der Waals surface area (Å²) >= 11 is 4.28. The van der Waals surface area contributed by atoms with E-state index >= 15 is 0 Å². The second-order valence-electron chi connectivity index (χ2n) is 5.89. The maximum absolute atomic E-state index is 6.34. The highest BCUT2D eigenvalue weighted by atomic mass is 32.2. The van der Waals surface area contributed by atoms with Crippen LogP contribution in [0.2, 0.25) is 0 Å². The lowest BCUT2D eigenvalue weighted by Gasteiger charge is -2.45. The Morgan fingerprint density at radius 2 is 1.75 bits per heavy atom. The second kappa shape index (κ2) is 5.11. The van der Waals surface area contributed by atoms with Crippen molar-refractivity contribution in [2.24, 2.45) is 0 Å². The predicted molar refractivity (Wildman–Crippen MR) is 75.4 cm³/mol. The van der Waals surface area contributed by atoms with Crippen LogP contribution in [0.3, 0.4) is 0 Å². The van der Waals surface area contributed by atoms with Gasteiger partial charge in [-0.05, 0) is 64.4 Å². The van der Waals surface area contributed by atoms with Crippen LogP contribution in [0.15, 0.2) is 0 Å². The molecular formula is C13H24OS2. The van der Waals surface area contributed by atoms with E-state index in [0.717, 1.165) is 4.58 Å². The normalized spacial score (nSPS) is 36.2. The van der Waals surface area contributed by atoms with Gasteiger partial charge in [-0.15, -0.1) is 23.5 Å². The van der Waals surface area contributed by atoms with Gasteiger partial charge in [0.05, 0.1) is 15.8 Å². The Morgan fingerprint density at radius 3 is 2.38 bits per heavy atom. The molecular weight excluding hydrogens is 236 g/mol. The van der Waals surface area contributed by atoms with E-state index in [0.29, 0.717) is 0 Å².